The molecule has 21 heavy (non-hydrogen) atoms. The molecule has 6 heteroatoms. The minimum Gasteiger partial charge on any atom is -0.320 e. The number of nitrogens with two attached hydrogens (primary N) is 1. The van der Waals surface area contributed by atoms with Gasteiger partial charge in [-0.25, -0.2) is 4.39 Å². The smallest absolute Gasteiger partial charge is 0.320 e. The van der Waals surface area contributed by atoms with Gasteiger partial charge in [-0.3, -0.25) is 0 Å². The van der Waals surface area contributed by atoms with E-state index in [1.54, 1.807) is 6.92 Å². The molecule has 2 aromatic rings. The van der Waals surface area contributed by atoms with Crippen LogP contribution < -0.4 is 5.73 Å². The summed E-state index contributed by atoms with van der Waals surface area (Å²) >= 11 is 5.95. The van der Waals surface area contributed by atoms with Crippen molar-refractivity contribution in [2.45, 2.75) is 19.1 Å². The molecule has 2 rings (SSSR count). The summed E-state index contributed by atoms with van der Waals surface area (Å²) in [5, 5.41) is 0.144. The molecule has 0 aliphatic carbocycles. The number of halogens is 5. The Labute approximate surface area is 124 Å². The molecule has 0 fully saturated rings. The minimum absolute atomic E-state index is 0.144. The highest BCUT2D eigenvalue weighted by molar-refractivity contribution is 6.31. The van der Waals surface area contributed by atoms with Gasteiger partial charge in [0.25, 0.3) is 0 Å². The first-order chi connectivity index (χ1) is 9.70. The molecule has 0 spiro atoms. The summed E-state index contributed by atoms with van der Waals surface area (Å²) in [6, 6.07) is 6.43. The standard InChI is InChI=1S/C15H12ClF4N/c1-8-6-11(12(16)7-13(8)17)14(21)9-2-4-10(5-3-9)15(18,19)20/h2-7,14H,21H2,1H3. The van der Waals surface area contributed by atoms with Gasteiger partial charge in [0.2, 0.25) is 0 Å². The number of hydrogen-bond donors (Lipinski definition) is 1. The summed E-state index contributed by atoms with van der Waals surface area (Å²) in [7, 11) is 0. The van der Waals surface area contributed by atoms with E-state index in [9.17, 15) is 17.6 Å². The molecule has 0 bridgehead atoms. The highest BCUT2D eigenvalue weighted by atomic mass is 35.5. The van der Waals surface area contributed by atoms with Gasteiger partial charge in [-0.1, -0.05) is 23.7 Å². The molecular formula is C15H12ClF4N. The molecular weight excluding hydrogens is 306 g/mol. The Morgan fingerprint density at radius 2 is 1.67 bits per heavy atom. The molecule has 2 aromatic carbocycles. The lowest BCUT2D eigenvalue weighted by Gasteiger charge is -2.16. The zero-order chi connectivity index (χ0) is 15.8. The third-order valence-corrected chi connectivity index (χ3v) is 3.54. The first kappa shape index (κ1) is 15.8. The lowest BCUT2D eigenvalue weighted by Crippen LogP contribution is -2.14. The second-order valence-electron chi connectivity index (χ2n) is 4.72. The molecule has 0 saturated carbocycles. The summed E-state index contributed by atoms with van der Waals surface area (Å²) < 4.78 is 50.9. The predicted molar refractivity (Wildman–Crippen MR) is 73.6 cm³/mol. The van der Waals surface area contributed by atoms with Crippen LogP contribution in [0.3, 0.4) is 0 Å². The van der Waals surface area contributed by atoms with Gasteiger partial charge in [0, 0.05) is 5.02 Å². The molecule has 0 aliphatic heterocycles. The first-order valence-electron chi connectivity index (χ1n) is 6.08. The van der Waals surface area contributed by atoms with Crippen LogP contribution in [0.2, 0.25) is 5.02 Å². The van der Waals surface area contributed by atoms with Crippen LogP contribution in [0.15, 0.2) is 36.4 Å². The Balaban J connectivity index is 2.36. The quantitative estimate of drug-likeness (QED) is 0.787. The largest absolute Gasteiger partial charge is 0.416 e. The van der Waals surface area contributed by atoms with Crippen molar-refractivity contribution in [3.8, 4) is 0 Å². The number of aryl methyl sites for hydroxylation is 1. The van der Waals surface area contributed by atoms with Crippen molar-refractivity contribution in [2.24, 2.45) is 5.73 Å². The number of alkyl halides is 3. The minimum atomic E-state index is -4.40. The SMILES string of the molecule is Cc1cc(C(N)c2ccc(C(F)(F)F)cc2)c(Cl)cc1F. The number of rotatable bonds is 2. The Morgan fingerprint density at radius 1 is 1.10 bits per heavy atom. The fourth-order valence-corrected chi connectivity index (χ4v) is 2.24. The van der Waals surface area contributed by atoms with Gasteiger partial charge in [0.05, 0.1) is 11.6 Å². The summed E-state index contributed by atoms with van der Waals surface area (Å²) in [4.78, 5) is 0. The zero-order valence-corrected chi connectivity index (χ0v) is 11.8. The van der Waals surface area contributed by atoms with Crippen LogP contribution in [-0.4, -0.2) is 0 Å². The van der Waals surface area contributed by atoms with Gasteiger partial charge < -0.3 is 5.73 Å². The van der Waals surface area contributed by atoms with E-state index >= 15 is 0 Å². The second kappa shape index (κ2) is 5.66. The lowest BCUT2D eigenvalue weighted by atomic mass is 9.97. The summed E-state index contributed by atoms with van der Waals surface area (Å²) in [5.41, 5.74) is 6.57. The van der Waals surface area contributed by atoms with E-state index in [-0.39, 0.29) is 5.02 Å². The van der Waals surface area contributed by atoms with Crippen LogP contribution in [0, 0.1) is 12.7 Å². The Hall–Kier alpha value is -1.59. The number of hydrogen-bond acceptors (Lipinski definition) is 1. The summed E-state index contributed by atoms with van der Waals surface area (Å²) in [6.45, 7) is 1.56. The van der Waals surface area contributed by atoms with Crippen molar-refractivity contribution in [2.75, 3.05) is 0 Å². The second-order valence-corrected chi connectivity index (χ2v) is 5.13. The Bertz CT molecular complexity index is 650. The van der Waals surface area contributed by atoms with Gasteiger partial charge in [-0.15, -0.1) is 0 Å². The molecule has 0 aliphatic rings. The zero-order valence-electron chi connectivity index (χ0n) is 11.0. The van der Waals surface area contributed by atoms with E-state index in [4.69, 9.17) is 17.3 Å². The molecule has 112 valence electrons. The highest BCUT2D eigenvalue weighted by Gasteiger charge is 2.30. The average Bonchev–Trinajstić information content (AvgIpc) is 2.41. The van der Waals surface area contributed by atoms with E-state index in [1.165, 1.54) is 18.2 Å². The molecule has 2 N–H and O–H groups in total. The molecule has 1 atom stereocenters. The fourth-order valence-electron chi connectivity index (χ4n) is 1.98. The molecule has 0 heterocycles. The first-order valence-corrected chi connectivity index (χ1v) is 6.46. The van der Waals surface area contributed by atoms with Crippen LogP contribution in [0.25, 0.3) is 0 Å². The van der Waals surface area contributed by atoms with Crippen LogP contribution in [0.5, 0.6) is 0 Å². The number of benzene rings is 2. The van der Waals surface area contributed by atoms with Gasteiger partial charge in [-0.05, 0) is 47.9 Å². The van der Waals surface area contributed by atoms with Crippen molar-refractivity contribution >= 4 is 11.6 Å². The van der Waals surface area contributed by atoms with Gasteiger partial charge in [-0.2, -0.15) is 13.2 Å². The maximum atomic E-state index is 13.4. The summed E-state index contributed by atoms with van der Waals surface area (Å²) in [5.74, 6) is -0.455. The van der Waals surface area contributed by atoms with Crippen LogP contribution in [-0.2, 0) is 6.18 Å². The van der Waals surface area contributed by atoms with E-state index in [2.05, 4.69) is 0 Å². The van der Waals surface area contributed by atoms with E-state index in [1.807, 2.05) is 0 Å². The third kappa shape index (κ3) is 3.36. The van der Waals surface area contributed by atoms with E-state index < -0.39 is 23.6 Å². The molecule has 0 amide bonds. The van der Waals surface area contributed by atoms with Crippen molar-refractivity contribution in [1.82, 2.24) is 0 Å². The molecule has 0 saturated heterocycles. The van der Waals surface area contributed by atoms with Crippen molar-refractivity contribution < 1.29 is 17.6 Å². The maximum absolute atomic E-state index is 13.4. The van der Waals surface area contributed by atoms with E-state index in [0.29, 0.717) is 16.7 Å². The summed E-state index contributed by atoms with van der Waals surface area (Å²) in [6.07, 6.45) is -4.40. The van der Waals surface area contributed by atoms with E-state index in [0.717, 1.165) is 18.2 Å². The Morgan fingerprint density at radius 3 is 2.19 bits per heavy atom. The maximum Gasteiger partial charge on any atom is 0.416 e. The van der Waals surface area contributed by atoms with Gasteiger partial charge in [0.15, 0.2) is 0 Å². The lowest BCUT2D eigenvalue weighted by molar-refractivity contribution is -0.137. The topological polar surface area (TPSA) is 26.0 Å². The van der Waals surface area contributed by atoms with Crippen molar-refractivity contribution in [3.05, 3.63) is 69.5 Å². The van der Waals surface area contributed by atoms with Crippen LogP contribution in [0.1, 0.15) is 28.3 Å². The van der Waals surface area contributed by atoms with Crippen molar-refractivity contribution in [3.63, 3.8) is 0 Å². The fraction of sp³-hybridized carbons (Fsp3) is 0.200. The monoisotopic (exact) mass is 317 g/mol. The van der Waals surface area contributed by atoms with Crippen LogP contribution in [0.4, 0.5) is 17.6 Å². The molecule has 1 nitrogen and oxygen atoms in total. The highest BCUT2D eigenvalue weighted by Crippen LogP contribution is 2.32. The molecule has 0 radical (unpaired) electrons. The van der Waals surface area contributed by atoms with Gasteiger partial charge >= 0.3 is 6.18 Å². The molecule has 0 aromatic heterocycles. The Kier molecular flexibility index (Phi) is 4.25. The van der Waals surface area contributed by atoms with Gasteiger partial charge in [0.1, 0.15) is 5.82 Å². The van der Waals surface area contributed by atoms with Crippen molar-refractivity contribution in [1.29, 1.82) is 0 Å². The molecule has 1 unspecified atom stereocenters. The predicted octanol–water partition coefficient (Wildman–Crippen LogP) is 4.85. The normalized spacial score (nSPS) is 13.3. The average molecular weight is 318 g/mol. The third-order valence-electron chi connectivity index (χ3n) is 3.21. The van der Waals surface area contributed by atoms with Crippen LogP contribution >= 0.6 is 11.6 Å².